The maximum Gasteiger partial charge on any atom is 0.306 e. The number of likely N-dealkylation sites (tertiary alicyclic amines) is 1. The van der Waals surface area contributed by atoms with Crippen molar-refractivity contribution in [3.63, 3.8) is 0 Å². The predicted molar refractivity (Wildman–Crippen MR) is 40.7 cm³/mol. The Morgan fingerprint density at radius 3 is 2.31 bits per heavy atom. The van der Waals surface area contributed by atoms with Gasteiger partial charge in [-0.2, -0.15) is 0 Å². The molecule has 0 aromatic rings. The molecule has 1 N–H and O–H groups in total. The Labute approximate surface area is 74.3 Å². The van der Waals surface area contributed by atoms with Crippen molar-refractivity contribution in [3.05, 3.63) is 0 Å². The van der Waals surface area contributed by atoms with Crippen molar-refractivity contribution in [1.82, 2.24) is 4.90 Å². The molecule has 74 valence electrons. The van der Waals surface area contributed by atoms with Gasteiger partial charge in [0.15, 0.2) is 0 Å². The lowest BCUT2D eigenvalue weighted by molar-refractivity contribution is -0.170. The van der Waals surface area contributed by atoms with E-state index in [1.165, 1.54) is 0 Å². The standard InChI is InChI=1S/C8H11F2NO2/c9-8(10)3-11(4-8)6-1-5(2-6)7(12)13/h5-6H,1-4H2,(H,12,13)/t5-,6+. The number of carbonyl (C=O) groups is 1. The van der Waals surface area contributed by atoms with Crippen molar-refractivity contribution in [2.75, 3.05) is 13.1 Å². The van der Waals surface area contributed by atoms with Crippen LogP contribution in [0.5, 0.6) is 0 Å². The van der Waals surface area contributed by atoms with Crippen LogP contribution in [0.4, 0.5) is 8.78 Å². The SMILES string of the molecule is O=C(O)[C@H]1C[C@@H](N2CC(F)(F)C2)C1. The number of halogens is 2. The predicted octanol–water partition coefficient (Wildman–Crippen LogP) is 0.801. The number of hydrogen-bond donors (Lipinski definition) is 1. The second-order valence-corrected chi connectivity index (χ2v) is 3.92. The Hall–Kier alpha value is -0.710. The van der Waals surface area contributed by atoms with Gasteiger partial charge in [0.1, 0.15) is 0 Å². The molecule has 2 aliphatic rings. The van der Waals surface area contributed by atoms with E-state index < -0.39 is 11.9 Å². The average Bonchev–Trinajstić information content (AvgIpc) is 1.78. The molecule has 3 nitrogen and oxygen atoms in total. The number of hydrogen-bond acceptors (Lipinski definition) is 2. The Kier molecular flexibility index (Phi) is 1.80. The number of rotatable bonds is 2. The Bertz CT molecular complexity index is 230. The zero-order valence-electron chi connectivity index (χ0n) is 7.04. The van der Waals surface area contributed by atoms with Gasteiger partial charge >= 0.3 is 5.97 Å². The first-order valence-electron chi connectivity index (χ1n) is 4.33. The summed E-state index contributed by atoms with van der Waals surface area (Å²) in [4.78, 5) is 12.1. The highest BCUT2D eigenvalue weighted by Gasteiger charge is 2.50. The second kappa shape index (κ2) is 2.64. The lowest BCUT2D eigenvalue weighted by atomic mass is 9.78. The Balaban J connectivity index is 1.74. The van der Waals surface area contributed by atoms with Crippen molar-refractivity contribution >= 4 is 5.97 Å². The average molecular weight is 191 g/mol. The van der Waals surface area contributed by atoms with Crippen LogP contribution < -0.4 is 0 Å². The zero-order chi connectivity index (χ0) is 9.64. The fourth-order valence-electron chi connectivity index (χ4n) is 1.89. The van der Waals surface area contributed by atoms with Crippen LogP contribution in [0.1, 0.15) is 12.8 Å². The molecule has 0 amide bonds. The summed E-state index contributed by atoms with van der Waals surface area (Å²) in [7, 11) is 0. The molecule has 0 spiro atoms. The fourth-order valence-corrected chi connectivity index (χ4v) is 1.89. The molecule has 1 heterocycles. The minimum absolute atomic E-state index is 0.0840. The molecule has 0 bridgehead atoms. The van der Waals surface area contributed by atoms with Crippen LogP contribution in [0.25, 0.3) is 0 Å². The number of carboxylic acids is 1. The van der Waals surface area contributed by atoms with E-state index in [1.54, 1.807) is 4.90 Å². The lowest BCUT2D eigenvalue weighted by Crippen LogP contribution is -2.63. The van der Waals surface area contributed by atoms with Gasteiger partial charge in [0.25, 0.3) is 5.92 Å². The van der Waals surface area contributed by atoms with Crippen LogP contribution in [-0.4, -0.2) is 41.0 Å². The molecule has 13 heavy (non-hydrogen) atoms. The van der Waals surface area contributed by atoms with Crippen molar-refractivity contribution in [3.8, 4) is 0 Å². The highest BCUT2D eigenvalue weighted by molar-refractivity contribution is 5.71. The van der Waals surface area contributed by atoms with Gasteiger partial charge in [-0.1, -0.05) is 0 Å². The van der Waals surface area contributed by atoms with E-state index in [9.17, 15) is 13.6 Å². The van der Waals surface area contributed by atoms with Gasteiger partial charge in [0, 0.05) is 6.04 Å². The van der Waals surface area contributed by atoms with Crippen LogP contribution in [0.3, 0.4) is 0 Å². The van der Waals surface area contributed by atoms with E-state index in [2.05, 4.69) is 0 Å². The maximum atomic E-state index is 12.4. The van der Waals surface area contributed by atoms with Crippen LogP contribution in [0.2, 0.25) is 0 Å². The third kappa shape index (κ3) is 1.52. The monoisotopic (exact) mass is 191 g/mol. The first-order valence-corrected chi connectivity index (χ1v) is 4.33. The highest BCUT2D eigenvalue weighted by atomic mass is 19.3. The summed E-state index contributed by atoms with van der Waals surface area (Å²) in [6.45, 7) is -0.381. The number of nitrogens with zero attached hydrogens (tertiary/aromatic N) is 1. The van der Waals surface area contributed by atoms with Crippen molar-refractivity contribution in [1.29, 1.82) is 0 Å². The third-order valence-corrected chi connectivity index (χ3v) is 2.85. The number of aliphatic carboxylic acids is 1. The number of carboxylic acid groups (broad SMARTS) is 1. The van der Waals surface area contributed by atoms with Gasteiger partial charge in [-0.3, -0.25) is 9.69 Å². The first-order chi connectivity index (χ1) is 5.98. The molecule has 1 saturated carbocycles. The zero-order valence-corrected chi connectivity index (χ0v) is 7.04. The summed E-state index contributed by atoms with van der Waals surface area (Å²) in [6.07, 6.45) is 1.07. The molecule has 0 aromatic heterocycles. The summed E-state index contributed by atoms with van der Waals surface area (Å²) >= 11 is 0. The van der Waals surface area contributed by atoms with Gasteiger partial charge in [-0.25, -0.2) is 8.78 Å². The van der Waals surface area contributed by atoms with E-state index in [4.69, 9.17) is 5.11 Å². The van der Waals surface area contributed by atoms with E-state index in [1.807, 2.05) is 0 Å². The van der Waals surface area contributed by atoms with E-state index in [0.29, 0.717) is 12.8 Å². The van der Waals surface area contributed by atoms with Gasteiger partial charge in [0.2, 0.25) is 0 Å². The molecular formula is C8H11F2NO2. The minimum Gasteiger partial charge on any atom is -0.481 e. The smallest absolute Gasteiger partial charge is 0.306 e. The van der Waals surface area contributed by atoms with Crippen molar-refractivity contribution in [2.45, 2.75) is 24.8 Å². The van der Waals surface area contributed by atoms with Crippen LogP contribution in [0.15, 0.2) is 0 Å². The van der Waals surface area contributed by atoms with Crippen LogP contribution >= 0.6 is 0 Å². The van der Waals surface area contributed by atoms with Crippen molar-refractivity contribution < 1.29 is 18.7 Å². The molecule has 1 aliphatic carbocycles. The van der Waals surface area contributed by atoms with E-state index >= 15 is 0 Å². The summed E-state index contributed by atoms with van der Waals surface area (Å²) in [5, 5.41) is 8.56. The highest BCUT2D eigenvalue weighted by Crippen LogP contribution is 2.38. The Morgan fingerprint density at radius 1 is 1.38 bits per heavy atom. The maximum absolute atomic E-state index is 12.4. The van der Waals surface area contributed by atoms with Crippen LogP contribution in [0, 0.1) is 5.92 Å². The quantitative estimate of drug-likeness (QED) is 0.701. The van der Waals surface area contributed by atoms with E-state index in [-0.39, 0.29) is 25.0 Å². The molecule has 1 aliphatic heterocycles. The molecule has 0 radical (unpaired) electrons. The largest absolute Gasteiger partial charge is 0.481 e. The summed E-state index contributed by atoms with van der Waals surface area (Å²) in [5.74, 6) is -3.64. The van der Waals surface area contributed by atoms with Gasteiger partial charge in [-0.05, 0) is 12.8 Å². The molecule has 2 fully saturated rings. The Morgan fingerprint density at radius 2 is 1.92 bits per heavy atom. The topological polar surface area (TPSA) is 40.5 Å². The molecule has 0 aromatic carbocycles. The summed E-state index contributed by atoms with van der Waals surface area (Å²) in [6, 6.07) is 0.0840. The summed E-state index contributed by atoms with van der Waals surface area (Å²) < 4.78 is 24.8. The number of alkyl halides is 2. The molecule has 2 rings (SSSR count). The van der Waals surface area contributed by atoms with Gasteiger partial charge < -0.3 is 5.11 Å². The lowest BCUT2D eigenvalue weighted by Gasteiger charge is -2.49. The van der Waals surface area contributed by atoms with Crippen molar-refractivity contribution in [2.24, 2.45) is 5.92 Å². The van der Waals surface area contributed by atoms with Gasteiger partial charge in [-0.15, -0.1) is 0 Å². The van der Waals surface area contributed by atoms with Gasteiger partial charge in [0.05, 0.1) is 19.0 Å². The normalized spacial score (nSPS) is 37.7. The molecule has 5 heteroatoms. The van der Waals surface area contributed by atoms with E-state index in [0.717, 1.165) is 0 Å². The summed E-state index contributed by atoms with van der Waals surface area (Å²) in [5.41, 5.74) is 0. The third-order valence-electron chi connectivity index (χ3n) is 2.85. The molecular weight excluding hydrogens is 180 g/mol. The molecule has 1 saturated heterocycles. The first kappa shape index (κ1) is 8.87. The minimum atomic E-state index is -2.53. The van der Waals surface area contributed by atoms with Crippen LogP contribution in [-0.2, 0) is 4.79 Å². The second-order valence-electron chi connectivity index (χ2n) is 3.92. The molecule has 0 unspecified atom stereocenters. The fraction of sp³-hybridized carbons (Fsp3) is 0.875. The molecule has 0 atom stereocenters.